The van der Waals surface area contributed by atoms with Crippen LogP contribution >= 0.6 is 0 Å². The number of hydrogen-bond donors (Lipinski definition) is 2. The highest BCUT2D eigenvalue weighted by molar-refractivity contribution is 7.89. The normalized spacial score (nSPS) is 15.6. The van der Waals surface area contributed by atoms with Crippen molar-refractivity contribution in [2.75, 3.05) is 18.9 Å². The number of anilines is 1. The predicted molar refractivity (Wildman–Crippen MR) is 70.9 cm³/mol. The van der Waals surface area contributed by atoms with Crippen LogP contribution in [0.25, 0.3) is 0 Å². The molecule has 5 nitrogen and oxygen atoms in total. The lowest BCUT2D eigenvalue weighted by Gasteiger charge is -2.06. The predicted octanol–water partition coefficient (Wildman–Crippen LogP) is 1.59. The number of nitrogens with one attached hydrogen (secondary N) is 2. The van der Waals surface area contributed by atoms with Crippen molar-refractivity contribution in [3.63, 3.8) is 0 Å². The molecule has 0 amide bonds. The van der Waals surface area contributed by atoms with E-state index in [0.717, 1.165) is 18.8 Å². The second-order valence-electron chi connectivity index (χ2n) is 4.61. The van der Waals surface area contributed by atoms with Crippen molar-refractivity contribution in [2.45, 2.75) is 30.6 Å². The summed E-state index contributed by atoms with van der Waals surface area (Å²) in [6.45, 7) is 0.507. The van der Waals surface area contributed by atoms with E-state index in [0.29, 0.717) is 12.4 Å². The van der Waals surface area contributed by atoms with Crippen molar-refractivity contribution < 1.29 is 8.42 Å². The Morgan fingerprint density at radius 2 is 2.17 bits per heavy atom. The van der Waals surface area contributed by atoms with E-state index in [1.807, 2.05) is 0 Å². The van der Waals surface area contributed by atoms with Crippen LogP contribution in [-0.4, -0.2) is 27.0 Å². The third-order valence-corrected chi connectivity index (χ3v) is 4.53. The second kappa shape index (κ2) is 5.67. The van der Waals surface area contributed by atoms with Crippen molar-refractivity contribution in [3.05, 3.63) is 18.3 Å². The van der Waals surface area contributed by atoms with Gasteiger partial charge in [0.2, 0.25) is 10.0 Å². The number of sulfonamides is 1. The fourth-order valence-electron chi connectivity index (χ4n) is 1.77. The summed E-state index contributed by atoms with van der Waals surface area (Å²) in [7, 11) is -1.66. The minimum Gasteiger partial charge on any atom is -0.373 e. The maximum atomic E-state index is 11.9. The number of hydrogen-bond acceptors (Lipinski definition) is 4. The van der Waals surface area contributed by atoms with Gasteiger partial charge in [-0.05, 0) is 30.9 Å². The third kappa shape index (κ3) is 3.68. The van der Waals surface area contributed by atoms with E-state index in [2.05, 4.69) is 15.0 Å². The van der Waals surface area contributed by atoms with Crippen LogP contribution in [0, 0.1) is 5.92 Å². The Labute approximate surface area is 108 Å². The highest BCUT2D eigenvalue weighted by atomic mass is 32.2. The molecule has 0 atom stereocenters. The van der Waals surface area contributed by atoms with E-state index in [1.165, 1.54) is 19.0 Å². The topological polar surface area (TPSA) is 71.1 Å². The van der Waals surface area contributed by atoms with E-state index in [4.69, 9.17) is 0 Å². The fraction of sp³-hybridized carbons (Fsp3) is 0.583. The van der Waals surface area contributed by atoms with Gasteiger partial charge in [0.15, 0.2) is 0 Å². The van der Waals surface area contributed by atoms with Crippen molar-refractivity contribution >= 4 is 15.8 Å². The SMILES string of the molecule is CNc1ccc(S(=O)(=O)NCCCC2CC2)cn1. The van der Waals surface area contributed by atoms with Crippen LogP contribution in [0.1, 0.15) is 25.7 Å². The first-order valence-electron chi connectivity index (χ1n) is 6.25. The summed E-state index contributed by atoms with van der Waals surface area (Å²) in [5.74, 6) is 1.49. The second-order valence-corrected chi connectivity index (χ2v) is 6.38. The van der Waals surface area contributed by atoms with Gasteiger partial charge in [0, 0.05) is 19.8 Å². The van der Waals surface area contributed by atoms with Crippen molar-refractivity contribution in [2.24, 2.45) is 5.92 Å². The van der Waals surface area contributed by atoms with Crippen LogP contribution in [0.15, 0.2) is 23.2 Å². The van der Waals surface area contributed by atoms with E-state index < -0.39 is 10.0 Å². The molecular formula is C12H19N3O2S. The van der Waals surface area contributed by atoms with Crippen molar-refractivity contribution in [3.8, 4) is 0 Å². The lowest BCUT2D eigenvalue weighted by molar-refractivity contribution is 0.572. The number of nitrogens with zero attached hydrogens (tertiary/aromatic N) is 1. The molecule has 6 heteroatoms. The lowest BCUT2D eigenvalue weighted by Crippen LogP contribution is -2.25. The van der Waals surface area contributed by atoms with Gasteiger partial charge in [0.05, 0.1) is 0 Å². The molecule has 1 aromatic heterocycles. The molecule has 1 aliphatic rings. The monoisotopic (exact) mass is 269 g/mol. The van der Waals surface area contributed by atoms with Crippen LogP contribution in [0.4, 0.5) is 5.82 Å². The summed E-state index contributed by atoms with van der Waals surface area (Å²) in [5, 5.41) is 2.85. The first kappa shape index (κ1) is 13.3. The number of aromatic nitrogens is 1. The van der Waals surface area contributed by atoms with Gasteiger partial charge in [-0.3, -0.25) is 0 Å². The van der Waals surface area contributed by atoms with E-state index >= 15 is 0 Å². The van der Waals surface area contributed by atoms with E-state index in [1.54, 1.807) is 19.2 Å². The highest BCUT2D eigenvalue weighted by Crippen LogP contribution is 2.33. The molecule has 0 bridgehead atoms. The van der Waals surface area contributed by atoms with Gasteiger partial charge in [-0.1, -0.05) is 12.8 Å². The molecule has 0 saturated heterocycles. The van der Waals surface area contributed by atoms with Crippen LogP contribution in [0.3, 0.4) is 0 Å². The van der Waals surface area contributed by atoms with Crippen LogP contribution in [0.2, 0.25) is 0 Å². The average molecular weight is 269 g/mol. The zero-order valence-electron chi connectivity index (χ0n) is 10.5. The molecule has 0 aliphatic heterocycles. The van der Waals surface area contributed by atoms with Gasteiger partial charge in [0.1, 0.15) is 10.7 Å². The molecule has 1 aliphatic carbocycles. The molecule has 1 aromatic rings. The lowest BCUT2D eigenvalue weighted by atomic mass is 10.2. The maximum Gasteiger partial charge on any atom is 0.242 e. The minimum atomic E-state index is -3.40. The summed E-state index contributed by atoms with van der Waals surface area (Å²) in [6, 6.07) is 3.21. The van der Waals surface area contributed by atoms with Gasteiger partial charge in [-0.25, -0.2) is 18.1 Å². The molecule has 1 saturated carbocycles. The van der Waals surface area contributed by atoms with Crippen LogP contribution in [-0.2, 0) is 10.0 Å². The summed E-state index contributed by atoms with van der Waals surface area (Å²) < 4.78 is 26.4. The summed E-state index contributed by atoms with van der Waals surface area (Å²) >= 11 is 0. The Kier molecular flexibility index (Phi) is 4.19. The Bertz CT molecular complexity index is 481. The first-order chi connectivity index (χ1) is 8.62. The standard InChI is InChI=1S/C12H19N3O2S/c1-13-12-7-6-11(9-14-12)18(16,17)15-8-2-3-10-4-5-10/h6-7,9-10,15H,2-5,8H2,1H3,(H,13,14). The molecule has 0 radical (unpaired) electrons. The molecular weight excluding hydrogens is 250 g/mol. The molecule has 0 spiro atoms. The molecule has 100 valence electrons. The molecule has 2 rings (SSSR count). The molecule has 0 aromatic carbocycles. The highest BCUT2D eigenvalue weighted by Gasteiger charge is 2.20. The summed E-state index contributed by atoms with van der Waals surface area (Å²) in [6.07, 6.45) is 6.02. The van der Waals surface area contributed by atoms with Crippen molar-refractivity contribution in [1.82, 2.24) is 9.71 Å². The fourth-order valence-corrected chi connectivity index (χ4v) is 2.79. The number of rotatable bonds is 7. The van der Waals surface area contributed by atoms with E-state index in [-0.39, 0.29) is 4.90 Å². The van der Waals surface area contributed by atoms with Gasteiger partial charge >= 0.3 is 0 Å². The number of pyridine rings is 1. The molecule has 1 fully saturated rings. The van der Waals surface area contributed by atoms with Gasteiger partial charge < -0.3 is 5.32 Å². The Morgan fingerprint density at radius 3 is 2.72 bits per heavy atom. The maximum absolute atomic E-state index is 11.9. The molecule has 2 N–H and O–H groups in total. The Morgan fingerprint density at radius 1 is 1.39 bits per heavy atom. The summed E-state index contributed by atoms with van der Waals surface area (Å²) in [4.78, 5) is 4.22. The third-order valence-electron chi connectivity index (χ3n) is 3.08. The van der Waals surface area contributed by atoms with Crippen molar-refractivity contribution in [1.29, 1.82) is 0 Å². The van der Waals surface area contributed by atoms with E-state index in [9.17, 15) is 8.42 Å². The van der Waals surface area contributed by atoms with Gasteiger partial charge in [0.25, 0.3) is 0 Å². The van der Waals surface area contributed by atoms with Crippen LogP contribution in [0.5, 0.6) is 0 Å². The quantitative estimate of drug-likeness (QED) is 0.737. The summed E-state index contributed by atoms with van der Waals surface area (Å²) in [5.41, 5.74) is 0. The average Bonchev–Trinajstić information content (AvgIpc) is 3.19. The molecule has 18 heavy (non-hydrogen) atoms. The molecule has 0 unspecified atom stereocenters. The van der Waals surface area contributed by atoms with Gasteiger partial charge in [-0.15, -0.1) is 0 Å². The minimum absolute atomic E-state index is 0.216. The van der Waals surface area contributed by atoms with Gasteiger partial charge in [-0.2, -0.15) is 0 Å². The smallest absolute Gasteiger partial charge is 0.242 e. The zero-order chi connectivity index (χ0) is 13.0. The molecule has 1 heterocycles. The largest absolute Gasteiger partial charge is 0.373 e. The zero-order valence-corrected chi connectivity index (χ0v) is 11.3. The Hall–Kier alpha value is -1.14. The Balaban J connectivity index is 1.87. The first-order valence-corrected chi connectivity index (χ1v) is 7.73. The van der Waals surface area contributed by atoms with Crippen LogP contribution < -0.4 is 10.0 Å².